The molecule has 1 unspecified atom stereocenters. The molecular formula is C17H21NO2. The zero-order valence-corrected chi connectivity index (χ0v) is 11.8. The van der Waals surface area contributed by atoms with Crippen molar-refractivity contribution in [3.05, 3.63) is 60.2 Å². The average molecular weight is 271 g/mol. The van der Waals surface area contributed by atoms with Crippen molar-refractivity contribution in [3.63, 3.8) is 0 Å². The van der Waals surface area contributed by atoms with Crippen LogP contribution in [-0.2, 0) is 0 Å². The summed E-state index contributed by atoms with van der Waals surface area (Å²) in [5, 5.41) is 0. The number of ether oxygens (including phenoxy) is 2. The normalized spacial score (nSPS) is 11.9. The average Bonchev–Trinajstić information content (AvgIpc) is 2.48. The van der Waals surface area contributed by atoms with Crippen molar-refractivity contribution in [1.82, 2.24) is 0 Å². The van der Waals surface area contributed by atoms with Gasteiger partial charge in [0.05, 0.1) is 13.2 Å². The predicted molar refractivity (Wildman–Crippen MR) is 81.1 cm³/mol. The third-order valence-electron chi connectivity index (χ3n) is 2.95. The molecule has 106 valence electrons. The summed E-state index contributed by atoms with van der Waals surface area (Å²) >= 11 is 0. The molecule has 0 aliphatic heterocycles. The fourth-order valence-corrected chi connectivity index (χ4v) is 1.84. The van der Waals surface area contributed by atoms with Gasteiger partial charge in [0.15, 0.2) is 0 Å². The maximum atomic E-state index is 5.85. The Morgan fingerprint density at radius 3 is 2.25 bits per heavy atom. The summed E-state index contributed by atoms with van der Waals surface area (Å²) < 4.78 is 11.3. The minimum atomic E-state index is 0.0277. The molecule has 0 radical (unpaired) electrons. The van der Waals surface area contributed by atoms with Gasteiger partial charge in [-0.2, -0.15) is 0 Å². The summed E-state index contributed by atoms with van der Waals surface area (Å²) in [6, 6.07) is 17.7. The zero-order valence-electron chi connectivity index (χ0n) is 11.8. The van der Waals surface area contributed by atoms with Crippen molar-refractivity contribution >= 4 is 0 Å². The maximum Gasteiger partial charge on any atom is 0.119 e. The SMILES string of the molecule is CC(N)c1cccc(OCCCOc2ccccc2)c1. The van der Waals surface area contributed by atoms with Crippen LogP contribution >= 0.6 is 0 Å². The van der Waals surface area contributed by atoms with E-state index in [1.54, 1.807) is 0 Å². The van der Waals surface area contributed by atoms with Crippen LogP contribution in [0.2, 0.25) is 0 Å². The van der Waals surface area contributed by atoms with Crippen molar-refractivity contribution in [2.24, 2.45) is 5.73 Å². The van der Waals surface area contributed by atoms with E-state index in [2.05, 4.69) is 0 Å². The molecule has 3 heteroatoms. The van der Waals surface area contributed by atoms with Gasteiger partial charge in [0.25, 0.3) is 0 Å². The molecule has 1 atom stereocenters. The largest absolute Gasteiger partial charge is 0.493 e. The van der Waals surface area contributed by atoms with Crippen LogP contribution in [0.5, 0.6) is 11.5 Å². The van der Waals surface area contributed by atoms with Crippen molar-refractivity contribution in [2.45, 2.75) is 19.4 Å². The van der Waals surface area contributed by atoms with Crippen LogP contribution in [0.1, 0.15) is 24.9 Å². The lowest BCUT2D eigenvalue weighted by molar-refractivity contribution is 0.247. The van der Waals surface area contributed by atoms with Gasteiger partial charge in [-0.25, -0.2) is 0 Å². The number of hydrogen-bond donors (Lipinski definition) is 1. The second-order valence-electron chi connectivity index (χ2n) is 4.72. The van der Waals surface area contributed by atoms with Crippen LogP contribution in [0.3, 0.4) is 0 Å². The quantitative estimate of drug-likeness (QED) is 0.783. The van der Waals surface area contributed by atoms with Crippen LogP contribution in [0.4, 0.5) is 0 Å². The number of para-hydroxylation sites is 1. The van der Waals surface area contributed by atoms with Gasteiger partial charge < -0.3 is 15.2 Å². The van der Waals surface area contributed by atoms with Gasteiger partial charge in [-0.1, -0.05) is 30.3 Å². The minimum absolute atomic E-state index is 0.0277. The molecule has 0 bridgehead atoms. The zero-order chi connectivity index (χ0) is 14.2. The van der Waals surface area contributed by atoms with E-state index in [9.17, 15) is 0 Å². The van der Waals surface area contributed by atoms with E-state index in [0.29, 0.717) is 13.2 Å². The second-order valence-corrected chi connectivity index (χ2v) is 4.72. The molecule has 0 saturated carbocycles. The smallest absolute Gasteiger partial charge is 0.119 e. The van der Waals surface area contributed by atoms with Crippen molar-refractivity contribution in [3.8, 4) is 11.5 Å². The number of hydrogen-bond acceptors (Lipinski definition) is 3. The van der Waals surface area contributed by atoms with E-state index >= 15 is 0 Å². The highest BCUT2D eigenvalue weighted by atomic mass is 16.5. The third kappa shape index (κ3) is 4.59. The van der Waals surface area contributed by atoms with Crippen LogP contribution in [0.25, 0.3) is 0 Å². The molecule has 2 aromatic rings. The first-order chi connectivity index (χ1) is 9.75. The summed E-state index contributed by atoms with van der Waals surface area (Å²) in [7, 11) is 0. The Morgan fingerprint density at radius 1 is 0.900 bits per heavy atom. The Kier molecular flexibility index (Phi) is 5.44. The first-order valence-electron chi connectivity index (χ1n) is 6.92. The Hall–Kier alpha value is -2.00. The molecule has 2 rings (SSSR count). The van der Waals surface area contributed by atoms with E-state index in [1.165, 1.54) is 0 Å². The van der Waals surface area contributed by atoms with E-state index in [-0.39, 0.29) is 6.04 Å². The highest BCUT2D eigenvalue weighted by Crippen LogP contribution is 2.17. The summed E-state index contributed by atoms with van der Waals surface area (Å²) in [5.41, 5.74) is 6.93. The van der Waals surface area contributed by atoms with Crippen LogP contribution in [0.15, 0.2) is 54.6 Å². The molecule has 0 aliphatic rings. The van der Waals surface area contributed by atoms with Gasteiger partial charge in [0.1, 0.15) is 11.5 Å². The molecule has 0 spiro atoms. The lowest BCUT2D eigenvalue weighted by Crippen LogP contribution is -2.07. The highest BCUT2D eigenvalue weighted by molar-refractivity contribution is 5.30. The number of nitrogens with two attached hydrogens (primary N) is 1. The standard InChI is InChI=1S/C17H21NO2/c1-14(18)15-7-5-10-17(13-15)20-12-6-11-19-16-8-3-2-4-9-16/h2-5,7-10,13-14H,6,11-12,18H2,1H3. The maximum absolute atomic E-state index is 5.85. The molecule has 2 aromatic carbocycles. The van der Waals surface area contributed by atoms with Gasteiger partial charge in [0, 0.05) is 12.5 Å². The molecule has 20 heavy (non-hydrogen) atoms. The van der Waals surface area contributed by atoms with E-state index in [4.69, 9.17) is 15.2 Å². The molecule has 0 heterocycles. The predicted octanol–water partition coefficient (Wildman–Crippen LogP) is 3.55. The van der Waals surface area contributed by atoms with Gasteiger partial charge >= 0.3 is 0 Å². The highest BCUT2D eigenvalue weighted by Gasteiger charge is 2.01. The first kappa shape index (κ1) is 14.4. The molecule has 0 saturated heterocycles. The van der Waals surface area contributed by atoms with Crippen molar-refractivity contribution < 1.29 is 9.47 Å². The Balaban J connectivity index is 1.69. The molecule has 0 fully saturated rings. The van der Waals surface area contributed by atoms with Crippen molar-refractivity contribution in [1.29, 1.82) is 0 Å². The molecule has 3 nitrogen and oxygen atoms in total. The second kappa shape index (κ2) is 7.56. The van der Waals surface area contributed by atoms with Crippen LogP contribution in [0, 0.1) is 0 Å². The van der Waals surface area contributed by atoms with Gasteiger partial charge in [-0.3, -0.25) is 0 Å². The monoisotopic (exact) mass is 271 g/mol. The Bertz CT molecular complexity index is 511. The topological polar surface area (TPSA) is 44.5 Å². The summed E-state index contributed by atoms with van der Waals surface area (Å²) in [5.74, 6) is 1.76. The Morgan fingerprint density at radius 2 is 1.55 bits per heavy atom. The van der Waals surface area contributed by atoms with Crippen LogP contribution < -0.4 is 15.2 Å². The molecule has 2 N–H and O–H groups in total. The number of rotatable bonds is 7. The van der Waals surface area contributed by atoms with E-state index in [0.717, 1.165) is 23.5 Å². The van der Waals surface area contributed by atoms with E-state index in [1.807, 2.05) is 61.5 Å². The molecule has 0 amide bonds. The van der Waals surface area contributed by atoms with Crippen LogP contribution in [-0.4, -0.2) is 13.2 Å². The van der Waals surface area contributed by atoms with E-state index < -0.39 is 0 Å². The number of benzene rings is 2. The third-order valence-corrected chi connectivity index (χ3v) is 2.95. The molecule has 0 aromatic heterocycles. The fourth-order valence-electron chi connectivity index (χ4n) is 1.84. The summed E-state index contributed by atoms with van der Waals surface area (Å²) in [6.07, 6.45) is 0.845. The summed E-state index contributed by atoms with van der Waals surface area (Å²) in [4.78, 5) is 0. The van der Waals surface area contributed by atoms with Gasteiger partial charge in [-0.05, 0) is 36.8 Å². The molecular weight excluding hydrogens is 250 g/mol. The van der Waals surface area contributed by atoms with Crippen molar-refractivity contribution in [2.75, 3.05) is 13.2 Å². The lowest BCUT2D eigenvalue weighted by atomic mass is 10.1. The lowest BCUT2D eigenvalue weighted by Gasteiger charge is -2.10. The minimum Gasteiger partial charge on any atom is -0.493 e. The summed E-state index contributed by atoms with van der Waals surface area (Å²) in [6.45, 7) is 3.25. The van der Waals surface area contributed by atoms with Gasteiger partial charge in [-0.15, -0.1) is 0 Å². The first-order valence-corrected chi connectivity index (χ1v) is 6.92. The van der Waals surface area contributed by atoms with Gasteiger partial charge in [0.2, 0.25) is 0 Å². The Labute approximate surface area is 120 Å². The molecule has 0 aliphatic carbocycles. The fraction of sp³-hybridized carbons (Fsp3) is 0.294.